The number of hydrogen-bond donors (Lipinski definition) is 0. The van der Waals surface area contributed by atoms with Crippen molar-refractivity contribution in [3.05, 3.63) is 0 Å². The Kier molecular flexibility index (Phi) is 2.97. The Bertz CT molecular complexity index is 185. The average molecular weight is 230 g/mol. The Morgan fingerprint density at radius 3 is 2.00 bits per heavy atom. The van der Waals surface area contributed by atoms with Gasteiger partial charge in [0.1, 0.15) is 5.78 Å². The lowest BCUT2D eigenvalue weighted by atomic mass is 9.76. The maximum atomic E-state index is 10.9. The molecule has 0 saturated heterocycles. The summed E-state index contributed by atoms with van der Waals surface area (Å²) in [6.45, 7) is 1.92. The highest BCUT2D eigenvalue weighted by atomic mass is 35.6. The summed E-state index contributed by atoms with van der Waals surface area (Å²) in [5.74, 6) is 0.279. The van der Waals surface area contributed by atoms with Crippen LogP contribution in [0.1, 0.15) is 32.6 Å². The lowest BCUT2D eigenvalue weighted by Gasteiger charge is -2.38. The van der Waals surface area contributed by atoms with E-state index >= 15 is 0 Å². The summed E-state index contributed by atoms with van der Waals surface area (Å²) in [5.41, 5.74) is -0.328. The number of carbonyl (C=O) groups excluding carboxylic acids is 1. The van der Waals surface area contributed by atoms with Gasteiger partial charge in [-0.1, -0.05) is 41.7 Å². The number of alkyl halides is 3. The van der Waals surface area contributed by atoms with Crippen LogP contribution in [0.2, 0.25) is 0 Å². The van der Waals surface area contributed by atoms with Crippen LogP contribution in [0.25, 0.3) is 0 Å². The lowest BCUT2D eigenvalue weighted by Crippen LogP contribution is -2.36. The smallest absolute Gasteiger partial charge is 0.195 e. The van der Waals surface area contributed by atoms with Crippen LogP contribution in [0.3, 0.4) is 0 Å². The van der Waals surface area contributed by atoms with Crippen LogP contribution in [0.4, 0.5) is 0 Å². The van der Waals surface area contributed by atoms with Gasteiger partial charge < -0.3 is 0 Å². The Morgan fingerprint density at radius 1 is 1.25 bits per heavy atom. The van der Waals surface area contributed by atoms with Gasteiger partial charge >= 0.3 is 0 Å². The zero-order valence-corrected chi connectivity index (χ0v) is 9.14. The van der Waals surface area contributed by atoms with Gasteiger partial charge in [0.15, 0.2) is 3.79 Å². The third kappa shape index (κ3) is 2.07. The molecule has 0 bridgehead atoms. The predicted octanol–water partition coefficient (Wildman–Crippen LogP) is 3.51. The Hall–Kier alpha value is 0.540. The lowest BCUT2D eigenvalue weighted by molar-refractivity contribution is -0.122. The summed E-state index contributed by atoms with van der Waals surface area (Å²) in [4.78, 5) is 10.9. The van der Waals surface area contributed by atoms with Gasteiger partial charge in [-0.3, -0.25) is 4.79 Å². The second-order valence-electron chi connectivity index (χ2n) is 3.60. The molecule has 0 aliphatic heterocycles. The zero-order valence-electron chi connectivity index (χ0n) is 6.87. The van der Waals surface area contributed by atoms with Gasteiger partial charge in [-0.05, 0) is 12.8 Å². The van der Waals surface area contributed by atoms with Gasteiger partial charge in [-0.25, -0.2) is 0 Å². The Labute approximate surface area is 87.4 Å². The molecule has 1 nitrogen and oxygen atoms in total. The van der Waals surface area contributed by atoms with Crippen molar-refractivity contribution in [3.63, 3.8) is 0 Å². The molecule has 4 heteroatoms. The summed E-state index contributed by atoms with van der Waals surface area (Å²) in [5, 5.41) is 0. The molecule has 70 valence electrons. The fourth-order valence-electron chi connectivity index (χ4n) is 1.36. The van der Waals surface area contributed by atoms with Gasteiger partial charge in [0.2, 0.25) is 0 Å². The average Bonchev–Trinajstić information content (AvgIpc) is 1.93. The van der Waals surface area contributed by atoms with Crippen LogP contribution in [0.5, 0.6) is 0 Å². The van der Waals surface area contributed by atoms with Crippen molar-refractivity contribution in [2.45, 2.75) is 36.4 Å². The van der Waals surface area contributed by atoms with Crippen molar-refractivity contribution < 1.29 is 4.79 Å². The van der Waals surface area contributed by atoms with Crippen molar-refractivity contribution in [2.24, 2.45) is 5.41 Å². The molecule has 0 unspecified atom stereocenters. The van der Waals surface area contributed by atoms with E-state index in [-0.39, 0.29) is 11.2 Å². The monoisotopic (exact) mass is 228 g/mol. The molecule has 1 fully saturated rings. The molecule has 1 saturated carbocycles. The van der Waals surface area contributed by atoms with Crippen LogP contribution < -0.4 is 0 Å². The molecular weight excluding hydrogens is 218 g/mol. The molecule has 0 aromatic carbocycles. The second-order valence-corrected chi connectivity index (χ2v) is 5.88. The highest BCUT2D eigenvalue weighted by molar-refractivity contribution is 6.68. The number of halogens is 3. The molecule has 0 aromatic heterocycles. The molecule has 0 N–H and O–H groups in total. The van der Waals surface area contributed by atoms with Crippen molar-refractivity contribution in [3.8, 4) is 0 Å². The molecule has 0 heterocycles. The first-order chi connectivity index (χ1) is 5.35. The highest BCUT2D eigenvalue weighted by Crippen LogP contribution is 2.52. The number of hydrogen-bond acceptors (Lipinski definition) is 1. The first-order valence-electron chi connectivity index (χ1n) is 3.94. The van der Waals surface area contributed by atoms with E-state index in [1.165, 1.54) is 0 Å². The topological polar surface area (TPSA) is 17.1 Å². The first kappa shape index (κ1) is 10.6. The van der Waals surface area contributed by atoms with Crippen LogP contribution in [0.15, 0.2) is 0 Å². The zero-order chi connectivity index (χ0) is 9.41. The number of Topliss-reactive ketones (excluding diaryl/α,β-unsaturated/α-hetero) is 1. The van der Waals surface area contributed by atoms with Crippen molar-refractivity contribution in [1.82, 2.24) is 0 Å². The van der Waals surface area contributed by atoms with E-state index in [1.54, 1.807) is 0 Å². The second kappa shape index (κ2) is 3.36. The Morgan fingerprint density at radius 2 is 1.67 bits per heavy atom. The molecule has 1 rings (SSSR count). The van der Waals surface area contributed by atoms with Crippen LogP contribution >= 0.6 is 34.8 Å². The summed E-state index contributed by atoms with van der Waals surface area (Å²) in [6, 6.07) is 0. The minimum Gasteiger partial charge on any atom is -0.300 e. The van der Waals surface area contributed by atoms with Gasteiger partial charge in [0.05, 0.1) is 0 Å². The Balaban J connectivity index is 2.68. The van der Waals surface area contributed by atoms with E-state index in [0.29, 0.717) is 25.7 Å². The first-order valence-corrected chi connectivity index (χ1v) is 5.07. The van der Waals surface area contributed by atoms with Gasteiger partial charge in [0, 0.05) is 18.3 Å². The van der Waals surface area contributed by atoms with Crippen LogP contribution in [-0.2, 0) is 4.79 Å². The van der Waals surface area contributed by atoms with E-state index < -0.39 is 3.79 Å². The van der Waals surface area contributed by atoms with E-state index in [9.17, 15) is 4.79 Å². The highest BCUT2D eigenvalue weighted by Gasteiger charge is 2.45. The van der Waals surface area contributed by atoms with Gasteiger partial charge in [0.25, 0.3) is 0 Å². The molecule has 0 amide bonds. The standard InChI is InChI=1S/C8H11Cl3O/c1-7(8(9,10)11)4-2-6(12)3-5-7/h2-5H2,1H3. The maximum absolute atomic E-state index is 10.9. The predicted molar refractivity (Wildman–Crippen MR) is 51.9 cm³/mol. The van der Waals surface area contributed by atoms with Crippen molar-refractivity contribution >= 4 is 40.6 Å². The SMILES string of the molecule is CC1(C(Cl)(Cl)Cl)CCC(=O)CC1. The van der Waals surface area contributed by atoms with Crippen LogP contribution in [0, 0.1) is 5.41 Å². The van der Waals surface area contributed by atoms with Crippen LogP contribution in [-0.4, -0.2) is 9.58 Å². The van der Waals surface area contributed by atoms with Gasteiger partial charge in [-0.15, -0.1) is 0 Å². The molecule has 0 radical (unpaired) electrons. The molecule has 0 aromatic rings. The van der Waals surface area contributed by atoms with Crippen molar-refractivity contribution in [1.29, 1.82) is 0 Å². The summed E-state index contributed by atoms with van der Waals surface area (Å²) in [7, 11) is 0. The maximum Gasteiger partial charge on any atom is 0.195 e. The fourth-order valence-corrected chi connectivity index (χ4v) is 1.93. The van der Waals surface area contributed by atoms with E-state index in [4.69, 9.17) is 34.8 Å². The van der Waals surface area contributed by atoms with Gasteiger partial charge in [-0.2, -0.15) is 0 Å². The third-order valence-electron chi connectivity index (χ3n) is 2.60. The molecule has 1 aliphatic carbocycles. The molecule has 1 aliphatic rings. The quantitative estimate of drug-likeness (QED) is 0.581. The normalized spacial score (nSPS) is 24.2. The molecule has 0 atom stereocenters. The minimum absolute atomic E-state index is 0.279. The fraction of sp³-hybridized carbons (Fsp3) is 0.875. The largest absolute Gasteiger partial charge is 0.300 e. The summed E-state index contributed by atoms with van der Waals surface area (Å²) in [6.07, 6.45) is 2.46. The third-order valence-corrected chi connectivity index (χ3v) is 3.96. The summed E-state index contributed by atoms with van der Waals surface area (Å²) < 4.78 is -1.24. The molecule has 0 spiro atoms. The summed E-state index contributed by atoms with van der Waals surface area (Å²) >= 11 is 17.5. The number of ketones is 1. The number of carbonyl (C=O) groups is 1. The molecule has 12 heavy (non-hydrogen) atoms. The van der Waals surface area contributed by atoms with E-state index in [1.807, 2.05) is 6.92 Å². The number of rotatable bonds is 0. The molecular formula is C8H11Cl3O. The van der Waals surface area contributed by atoms with E-state index in [0.717, 1.165) is 0 Å². The van der Waals surface area contributed by atoms with Crippen molar-refractivity contribution in [2.75, 3.05) is 0 Å². The van der Waals surface area contributed by atoms with E-state index in [2.05, 4.69) is 0 Å². The minimum atomic E-state index is -1.24.